The summed E-state index contributed by atoms with van der Waals surface area (Å²) in [4.78, 5) is 35.6. The Bertz CT molecular complexity index is 815. The molecule has 3 N–H and O–H groups in total. The zero-order valence-electron chi connectivity index (χ0n) is 14.5. The first-order valence-electron chi connectivity index (χ1n) is 7.89. The highest BCUT2D eigenvalue weighted by Crippen LogP contribution is 2.19. The summed E-state index contributed by atoms with van der Waals surface area (Å²) in [6.07, 6.45) is 0. The number of amides is 2. The van der Waals surface area contributed by atoms with Crippen molar-refractivity contribution in [3.05, 3.63) is 59.2 Å². The van der Waals surface area contributed by atoms with Crippen LogP contribution < -0.4 is 16.0 Å². The van der Waals surface area contributed by atoms with Gasteiger partial charge < -0.3 is 16.0 Å². The van der Waals surface area contributed by atoms with E-state index in [1.807, 2.05) is 6.92 Å². The third kappa shape index (κ3) is 4.44. The summed E-state index contributed by atoms with van der Waals surface area (Å²) in [5, 5.41) is 8.34. The number of nitrogens with one attached hydrogen (secondary N) is 3. The average molecular weight is 339 g/mol. The second-order valence-electron chi connectivity index (χ2n) is 5.56. The van der Waals surface area contributed by atoms with E-state index in [0.29, 0.717) is 22.5 Å². The van der Waals surface area contributed by atoms with E-state index in [2.05, 4.69) is 16.0 Å². The van der Waals surface area contributed by atoms with Crippen molar-refractivity contribution in [2.75, 3.05) is 24.2 Å². The van der Waals surface area contributed by atoms with Gasteiger partial charge >= 0.3 is 0 Å². The van der Waals surface area contributed by atoms with Crippen LogP contribution in [0.3, 0.4) is 0 Å². The lowest BCUT2D eigenvalue weighted by Gasteiger charge is -2.13. The van der Waals surface area contributed by atoms with Crippen LogP contribution in [0.5, 0.6) is 0 Å². The molecule has 2 aromatic carbocycles. The molecule has 6 heteroatoms. The van der Waals surface area contributed by atoms with Gasteiger partial charge in [-0.1, -0.05) is 18.2 Å². The van der Waals surface area contributed by atoms with Gasteiger partial charge in [0.2, 0.25) is 5.91 Å². The van der Waals surface area contributed by atoms with Crippen LogP contribution in [0.15, 0.2) is 42.5 Å². The molecule has 0 fully saturated rings. The van der Waals surface area contributed by atoms with Crippen LogP contribution >= 0.6 is 0 Å². The van der Waals surface area contributed by atoms with Gasteiger partial charge in [0.25, 0.3) is 5.91 Å². The van der Waals surface area contributed by atoms with Gasteiger partial charge in [-0.3, -0.25) is 14.4 Å². The zero-order valence-corrected chi connectivity index (χ0v) is 14.5. The Hall–Kier alpha value is -3.15. The number of benzene rings is 2. The molecule has 130 valence electrons. The second-order valence-corrected chi connectivity index (χ2v) is 5.56. The smallest absolute Gasteiger partial charge is 0.251 e. The molecule has 0 saturated carbocycles. The molecule has 2 amide bonds. The highest BCUT2D eigenvalue weighted by Gasteiger charge is 2.12. The molecule has 0 aliphatic carbocycles. The van der Waals surface area contributed by atoms with Gasteiger partial charge in [0, 0.05) is 23.9 Å². The van der Waals surface area contributed by atoms with Crippen LogP contribution in [0.2, 0.25) is 0 Å². The molecule has 0 atom stereocenters. The zero-order chi connectivity index (χ0) is 18.4. The molecule has 25 heavy (non-hydrogen) atoms. The lowest BCUT2D eigenvalue weighted by atomic mass is 10.1. The van der Waals surface area contributed by atoms with Crippen molar-refractivity contribution in [1.82, 2.24) is 5.32 Å². The number of anilines is 2. The van der Waals surface area contributed by atoms with E-state index in [1.165, 1.54) is 6.92 Å². The third-order valence-corrected chi connectivity index (χ3v) is 3.83. The fraction of sp³-hybridized carbons (Fsp3) is 0.211. The van der Waals surface area contributed by atoms with Crippen molar-refractivity contribution in [3.63, 3.8) is 0 Å². The summed E-state index contributed by atoms with van der Waals surface area (Å²) in [6.45, 7) is 3.29. The number of hydrogen-bond acceptors (Lipinski definition) is 4. The van der Waals surface area contributed by atoms with Gasteiger partial charge in [-0.05, 0) is 43.7 Å². The summed E-state index contributed by atoms with van der Waals surface area (Å²) in [7, 11) is 1.57. The molecule has 0 heterocycles. The van der Waals surface area contributed by atoms with E-state index in [1.54, 1.807) is 49.5 Å². The second kappa shape index (κ2) is 8.10. The van der Waals surface area contributed by atoms with Crippen LogP contribution in [0.1, 0.15) is 33.2 Å². The van der Waals surface area contributed by atoms with Crippen LogP contribution in [0.25, 0.3) is 0 Å². The molecular weight excluding hydrogens is 318 g/mol. The highest BCUT2D eigenvalue weighted by atomic mass is 16.2. The summed E-state index contributed by atoms with van der Waals surface area (Å²) in [5.74, 6) is -0.572. The SMILES string of the molecule is CNC(=O)c1cccc(NCC(=O)Nc2ccccc2C(C)=O)c1C. The Balaban J connectivity index is 2.06. The largest absolute Gasteiger partial charge is 0.376 e. The fourth-order valence-corrected chi connectivity index (χ4v) is 2.48. The number of ketones is 1. The molecular formula is C19H21N3O3. The predicted molar refractivity (Wildman–Crippen MR) is 98.1 cm³/mol. The minimum Gasteiger partial charge on any atom is -0.376 e. The molecule has 6 nitrogen and oxygen atoms in total. The molecule has 2 aromatic rings. The lowest BCUT2D eigenvalue weighted by Crippen LogP contribution is -2.24. The normalized spacial score (nSPS) is 10.0. The molecule has 0 saturated heterocycles. The van der Waals surface area contributed by atoms with Crippen molar-refractivity contribution in [2.45, 2.75) is 13.8 Å². The van der Waals surface area contributed by atoms with Gasteiger partial charge in [0.15, 0.2) is 5.78 Å². The van der Waals surface area contributed by atoms with E-state index >= 15 is 0 Å². The molecule has 0 radical (unpaired) electrons. The number of para-hydroxylation sites is 1. The van der Waals surface area contributed by atoms with E-state index in [4.69, 9.17) is 0 Å². The maximum Gasteiger partial charge on any atom is 0.251 e. The van der Waals surface area contributed by atoms with Crippen molar-refractivity contribution >= 4 is 29.0 Å². The van der Waals surface area contributed by atoms with E-state index in [9.17, 15) is 14.4 Å². The molecule has 0 aliphatic rings. The Labute approximate surface area is 146 Å². The Morgan fingerprint density at radius 1 is 0.920 bits per heavy atom. The maximum atomic E-state index is 12.2. The van der Waals surface area contributed by atoms with Gasteiger partial charge in [-0.2, -0.15) is 0 Å². The van der Waals surface area contributed by atoms with Crippen molar-refractivity contribution in [2.24, 2.45) is 0 Å². The maximum absolute atomic E-state index is 12.2. The monoisotopic (exact) mass is 339 g/mol. The van der Waals surface area contributed by atoms with E-state index in [0.717, 1.165) is 5.56 Å². The Morgan fingerprint density at radius 2 is 1.56 bits per heavy atom. The van der Waals surface area contributed by atoms with Gasteiger partial charge in [-0.25, -0.2) is 0 Å². The number of rotatable bonds is 6. The first-order chi connectivity index (χ1) is 11.9. The minimum absolute atomic E-state index is 0.0181. The van der Waals surface area contributed by atoms with Crippen LogP contribution in [0, 0.1) is 6.92 Å². The Kier molecular flexibility index (Phi) is 5.89. The third-order valence-electron chi connectivity index (χ3n) is 3.83. The summed E-state index contributed by atoms with van der Waals surface area (Å²) < 4.78 is 0. The molecule has 0 aromatic heterocycles. The van der Waals surface area contributed by atoms with Crippen molar-refractivity contribution < 1.29 is 14.4 Å². The summed E-state index contributed by atoms with van der Waals surface area (Å²) in [6, 6.07) is 12.1. The van der Waals surface area contributed by atoms with Crippen molar-refractivity contribution in [1.29, 1.82) is 0 Å². The molecule has 2 rings (SSSR count). The van der Waals surface area contributed by atoms with Crippen LogP contribution in [-0.2, 0) is 4.79 Å². The number of carbonyl (C=O) groups is 3. The standard InChI is InChI=1S/C19H21N3O3/c1-12-14(19(25)20-3)8-6-10-16(12)21-11-18(24)22-17-9-5-4-7-15(17)13(2)23/h4-10,21H,11H2,1-3H3,(H,20,25)(H,22,24). The van der Waals surface area contributed by atoms with Gasteiger partial charge in [-0.15, -0.1) is 0 Å². The molecule has 0 aliphatic heterocycles. The van der Waals surface area contributed by atoms with Crippen LogP contribution in [0.4, 0.5) is 11.4 Å². The number of carbonyl (C=O) groups excluding carboxylic acids is 3. The number of hydrogen-bond donors (Lipinski definition) is 3. The van der Waals surface area contributed by atoms with Crippen molar-refractivity contribution in [3.8, 4) is 0 Å². The first kappa shape index (κ1) is 18.2. The van der Waals surface area contributed by atoms with Gasteiger partial charge in [0.05, 0.1) is 12.2 Å². The van der Waals surface area contributed by atoms with E-state index in [-0.39, 0.29) is 24.1 Å². The van der Waals surface area contributed by atoms with E-state index < -0.39 is 0 Å². The summed E-state index contributed by atoms with van der Waals surface area (Å²) >= 11 is 0. The lowest BCUT2D eigenvalue weighted by molar-refractivity contribution is -0.114. The minimum atomic E-state index is -0.279. The molecule has 0 unspecified atom stereocenters. The average Bonchev–Trinajstić information content (AvgIpc) is 2.60. The fourth-order valence-electron chi connectivity index (χ4n) is 2.48. The predicted octanol–water partition coefficient (Wildman–Crippen LogP) is 2.61. The van der Waals surface area contributed by atoms with Crippen LogP contribution in [-0.4, -0.2) is 31.2 Å². The topological polar surface area (TPSA) is 87.3 Å². The molecule has 0 bridgehead atoms. The summed E-state index contributed by atoms with van der Waals surface area (Å²) in [5.41, 5.74) is 2.97. The highest BCUT2D eigenvalue weighted by molar-refractivity contribution is 6.04. The Morgan fingerprint density at radius 3 is 2.24 bits per heavy atom. The quantitative estimate of drug-likeness (QED) is 0.706. The number of Topliss-reactive ketones (excluding diaryl/α,β-unsaturated/α-hetero) is 1. The molecule has 0 spiro atoms. The van der Waals surface area contributed by atoms with Gasteiger partial charge in [0.1, 0.15) is 0 Å². The first-order valence-corrected chi connectivity index (χ1v) is 7.89.